The van der Waals surface area contributed by atoms with Crippen molar-refractivity contribution < 1.29 is 9.13 Å². The Morgan fingerprint density at radius 3 is 3.11 bits per heavy atom. The fraction of sp³-hybridized carbons (Fsp3) is 0.571. The van der Waals surface area contributed by atoms with Crippen LogP contribution in [0, 0.1) is 5.82 Å². The van der Waals surface area contributed by atoms with E-state index in [4.69, 9.17) is 10.5 Å². The number of nitrogens with two attached hydrogens (primary N) is 1. The first-order valence-electron chi connectivity index (χ1n) is 6.57. The van der Waals surface area contributed by atoms with Gasteiger partial charge < -0.3 is 10.5 Å². The number of hydrogen-bond donors (Lipinski definition) is 1. The molecular formula is C14H21FN2O. The van der Waals surface area contributed by atoms with Crippen LogP contribution < -0.4 is 5.73 Å². The number of benzene rings is 1. The van der Waals surface area contributed by atoms with Crippen LogP contribution in [0.15, 0.2) is 18.2 Å². The second-order valence-corrected chi connectivity index (χ2v) is 4.77. The van der Waals surface area contributed by atoms with Crippen LogP contribution in [0.2, 0.25) is 0 Å². The lowest BCUT2D eigenvalue weighted by atomic mass is 10.1. The highest BCUT2D eigenvalue weighted by molar-refractivity contribution is 5.47. The number of anilines is 1. The fourth-order valence-corrected chi connectivity index (χ4v) is 2.49. The molecule has 1 aliphatic rings. The Bertz CT molecular complexity index is 395. The van der Waals surface area contributed by atoms with Gasteiger partial charge in [-0.3, -0.25) is 4.90 Å². The van der Waals surface area contributed by atoms with E-state index >= 15 is 0 Å². The van der Waals surface area contributed by atoms with Crippen molar-refractivity contribution >= 4 is 5.69 Å². The molecule has 1 saturated heterocycles. The molecule has 0 aliphatic carbocycles. The lowest BCUT2D eigenvalue weighted by Gasteiger charge is -2.32. The minimum absolute atomic E-state index is 0.274. The summed E-state index contributed by atoms with van der Waals surface area (Å²) in [5, 5.41) is 0. The van der Waals surface area contributed by atoms with Crippen LogP contribution >= 0.6 is 0 Å². The first-order valence-corrected chi connectivity index (χ1v) is 6.57. The molecule has 0 spiro atoms. The molecule has 0 bridgehead atoms. The molecule has 1 atom stereocenters. The maximum atomic E-state index is 13.4. The van der Waals surface area contributed by atoms with Crippen molar-refractivity contribution in [2.45, 2.75) is 32.4 Å². The third-order valence-corrected chi connectivity index (χ3v) is 3.40. The molecule has 0 aromatic heterocycles. The first-order chi connectivity index (χ1) is 8.70. The van der Waals surface area contributed by atoms with Crippen LogP contribution in [0.25, 0.3) is 0 Å². The maximum Gasteiger partial charge on any atom is 0.146 e. The number of para-hydroxylation sites is 1. The van der Waals surface area contributed by atoms with E-state index in [-0.39, 0.29) is 11.5 Å². The molecule has 1 fully saturated rings. The Balaban J connectivity index is 1.98. The van der Waals surface area contributed by atoms with Gasteiger partial charge >= 0.3 is 0 Å². The molecule has 1 aromatic rings. The number of rotatable bonds is 4. The van der Waals surface area contributed by atoms with Gasteiger partial charge in [0.2, 0.25) is 0 Å². The molecule has 100 valence electrons. The van der Waals surface area contributed by atoms with Crippen molar-refractivity contribution in [1.82, 2.24) is 4.90 Å². The summed E-state index contributed by atoms with van der Waals surface area (Å²) >= 11 is 0. The van der Waals surface area contributed by atoms with E-state index in [0.29, 0.717) is 12.6 Å². The summed E-state index contributed by atoms with van der Waals surface area (Å²) in [5.41, 5.74) is 6.90. The third-order valence-electron chi connectivity index (χ3n) is 3.40. The largest absolute Gasteiger partial charge is 0.396 e. The van der Waals surface area contributed by atoms with Gasteiger partial charge in [0, 0.05) is 19.7 Å². The molecule has 2 rings (SSSR count). The highest BCUT2D eigenvalue weighted by atomic mass is 19.1. The van der Waals surface area contributed by atoms with E-state index < -0.39 is 0 Å². The van der Waals surface area contributed by atoms with E-state index in [1.165, 1.54) is 6.07 Å². The minimum Gasteiger partial charge on any atom is -0.396 e. The van der Waals surface area contributed by atoms with Crippen molar-refractivity contribution in [2.75, 3.05) is 25.4 Å². The molecule has 2 N–H and O–H groups in total. The van der Waals surface area contributed by atoms with Gasteiger partial charge in [-0.05, 0) is 37.9 Å². The molecule has 0 saturated carbocycles. The summed E-state index contributed by atoms with van der Waals surface area (Å²) in [7, 11) is 0. The quantitative estimate of drug-likeness (QED) is 0.836. The summed E-state index contributed by atoms with van der Waals surface area (Å²) in [6, 6.07) is 5.01. The summed E-state index contributed by atoms with van der Waals surface area (Å²) in [5.74, 6) is -0.328. The monoisotopic (exact) mass is 252 g/mol. The molecule has 1 heterocycles. The number of nitrogen functional groups attached to an aromatic ring is 1. The number of halogens is 1. The Morgan fingerprint density at radius 1 is 1.50 bits per heavy atom. The van der Waals surface area contributed by atoms with Crippen LogP contribution in [-0.2, 0) is 11.3 Å². The molecule has 18 heavy (non-hydrogen) atoms. The summed E-state index contributed by atoms with van der Waals surface area (Å²) in [4.78, 5) is 2.29. The topological polar surface area (TPSA) is 38.5 Å². The molecule has 1 unspecified atom stereocenters. The van der Waals surface area contributed by atoms with Gasteiger partial charge in [-0.25, -0.2) is 4.39 Å². The van der Waals surface area contributed by atoms with Crippen molar-refractivity contribution in [3.63, 3.8) is 0 Å². The predicted molar refractivity (Wildman–Crippen MR) is 70.7 cm³/mol. The van der Waals surface area contributed by atoms with Crippen molar-refractivity contribution in [3.05, 3.63) is 29.6 Å². The van der Waals surface area contributed by atoms with Gasteiger partial charge in [0.15, 0.2) is 0 Å². The average molecular weight is 252 g/mol. The molecule has 1 aromatic carbocycles. The van der Waals surface area contributed by atoms with E-state index in [2.05, 4.69) is 4.90 Å². The zero-order valence-corrected chi connectivity index (χ0v) is 10.9. The van der Waals surface area contributed by atoms with Crippen molar-refractivity contribution in [1.29, 1.82) is 0 Å². The lowest BCUT2D eigenvalue weighted by molar-refractivity contribution is 0.00367. The molecular weight excluding hydrogens is 231 g/mol. The van der Waals surface area contributed by atoms with E-state index in [1.54, 1.807) is 6.07 Å². The maximum absolute atomic E-state index is 13.4. The summed E-state index contributed by atoms with van der Waals surface area (Å²) in [6.45, 7) is 5.40. The highest BCUT2D eigenvalue weighted by Gasteiger charge is 2.20. The highest BCUT2D eigenvalue weighted by Crippen LogP contribution is 2.21. The van der Waals surface area contributed by atoms with Gasteiger partial charge in [0.05, 0.1) is 11.8 Å². The zero-order chi connectivity index (χ0) is 13.0. The third kappa shape index (κ3) is 3.21. The molecule has 1 aliphatic heterocycles. The predicted octanol–water partition coefficient (Wildman–Crippen LogP) is 2.41. The number of ether oxygens (including phenoxy) is 1. The molecule has 0 amide bonds. The Hall–Kier alpha value is -1.13. The van der Waals surface area contributed by atoms with E-state index in [1.807, 2.05) is 13.0 Å². The number of hydrogen-bond acceptors (Lipinski definition) is 3. The van der Waals surface area contributed by atoms with Crippen LogP contribution in [0.4, 0.5) is 10.1 Å². The Kier molecular flexibility index (Phi) is 4.55. The standard InChI is InChI=1S/C14H21FN2O/c1-2-18-12-6-4-8-17(10-12)9-11-5-3-7-13(15)14(11)16/h3,5,7,12H,2,4,6,8-10,16H2,1H3. The van der Waals surface area contributed by atoms with Gasteiger partial charge in [-0.1, -0.05) is 12.1 Å². The van der Waals surface area contributed by atoms with Crippen LogP contribution in [-0.4, -0.2) is 30.7 Å². The smallest absolute Gasteiger partial charge is 0.146 e. The van der Waals surface area contributed by atoms with Crippen LogP contribution in [0.3, 0.4) is 0 Å². The summed E-state index contributed by atoms with van der Waals surface area (Å²) < 4.78 is 19.0. The van der Waals surface area contributed by atoms with Crippen LogP contribution in [0.1, 0.15) is 25.3 Å². The Labute approximate surface area is 108 Å². The van der Waals surface area contributed by atoms with Gasteiger partial charge in [-0.2, -0.15) is 0 Å². The first kappa shape index (κ1) is 13.3. The SMILES string of the molecule is CCOC1CCCN(Cc2cccc(F)c2N)C1. The molecule has 3 nitrogen and oxygen atoms in total. The number of likely N-dealkylation sites (tertiary alicyclic amines) is 1. The van der Waals surface area contributed by atoms with Gasteiger partial charge in [0.1, 0.15) is 5.82 Å². The lowest BCUT2D eigenvalue weighted by Crippen LogP contribution is -2.39. The molecule has 4 heteroatoms. The van der Waals surface area contributed by atoms with Crippen molar-refractivity contribution in [2.24, 2.45) is 0 Å². The fourth-order valence-electron chi connectivity index (χ4n) is 2.49. The number of nitrogens with zero attached hydrogens (tertiary/aromatic N) is 1. The summed E-state index contributed by atoms with van der Waals surface area (Å²) in [6.07, 6.45) is 2.54. The van der Waals surface area contributed by atoms with Gasteiger partial charge in [0.25, 0.3) is 0 Å². The second kappa shape index (κ2) is 6.16. The van der Waals surface area contributed by atoms with E-state index in [9.17, 15) is 4.39 Å². The second-order valence-electron chi connectivity index (χ2n) is 4.77. The number of piperidine rings is 1. The van der Waals surface area contributed by atoms with Crippen molar-refractivity contribution in [3.8, 4) is 0 Å². The minimum atomic E-state index is -0.328. The van der Waals surface area contributed by atoms with E-state index in [0.717, 1.165) is 38.1 Å². The average Bonchev–Trinajstić information content (AvgIpc) is 2.36. The van der Waals surface area contributed by atoms with Crippen LogP contribution in [0.5, 0.6) is 0 Å². The molecule has 0 radical (unpaired) electrons. The Morgan fingerprint density at radius 2 is 2.33 bits per heavy atom. The van der Waals surface area contributed by atoms with Gasteiger partial charge in [-0.15, -0.1) is 0 Å². The normalized spacial score (nSPS) is 21.1. The zero-order valence-electron chi connectivity index (χ0n) is 10.9.